The van der Waals surface area contributed by atoms with Gasteiger partial charge in [0, 0.05) is 16.7 Å². The number of benzene rings is 2. The number of carbonyl (C=O) groups is 1. The van der Waals surface area contributed by atoms with E-state index in [1.807, 2.05) is 6.07 Å². The van der Waals surface area contributed by atoms with Crippen LogP contribution in [0.5, 0.6) is 0 Å². The van der Waals surface area contributed by atoms with E-state index < -0.39 is 0 Å². The number of hydrogen-bond acceptors (Lipinski definition) is 6. The van der Waals surface area contributed by atoms with Gasteiger partial charge in [0.15, 0.2) is 0 Å². The summed E-state index contributed by atoms with van der Waals surface area (Å²) in [4.78, 5) is 28.9. The van der Waals surface area contributed by atoms with Crippen LogP contribution in [0, 0.1) is 0 Å². The topological polar surface area (TPSA) is 89.8 Å². The Kier molecular flexibility index (Phi) is 4.66. The van der Waals surface area contributed by atoms with Crippen molar-refractivity contribution in [3.8, 4) is 11.3 Å². The first-order chi connectivity index (χ1) is 13.1. The number of rotatable bonds is 4. The molecular weight excluding hydrogens is 386 g/mol. The Balaban J connectivity index is 1.52. The summed E-state index contributed by atoms with van der Waals surface area (Å²) >= 11 is 6.95. The summed E-state index contributed by atoms with van der Waals surface area (Å²) in [6.45, 7) is -0.152. The van der Waals surface area contributed by atoms with E-state index in [4.69, 9.17) is 11.6 Å². The van der Waals surface area contributed by atoms with E-state index in [9.17, 15) is 9.59 Å². The fraction of sp³-hybridized carbons (Fsp3) is 0.0556. The number of nitrogens with one attached hydrogen (secondary N) is 1. The zero-order valence-corrected chi connectivity index (χ0v) is 15.4. The summed E-state index contributed by atoms with van der Waals surface area (Å²) in [6, 6.07) is 13.8. The minimum absolute atomic E-state index is 0.152. The maximum absolute atomic E-state index is 12.3. The Morgan fingerprint density at radius 2 is 1.96 bits per heavy atom. The van der Waals surface area contributed by atoms with Crippen LogP contribution in [0.2, 0.25) is 5.02 Å². The van der Waals surface area contributed by atoms with Gasteiger partial charge in [0.1, 0.15) is 17.6 Å². The zero-order chi connectivity index (χ0) is 18.8. The lowest BCUT2D eigenvalue weighted by molar-refractivity contribution is -0.116. The molecule has 2 aromatic heterocycles. The van der Waals surface area contributed by atoms with Crippen molar-refractivity contribution in [1.82, 2.24) is 18.3 Å². The Bertz CT molecular complexity index is 1190. The summed E-state index contributed by atoms with van der Waals surface area (Å²) in [6.07, 6.45) is 1.36. The first-order valence-corrected chi connectivity index (χ1v) is 9.04. The van der Waals surface area contributed by atoms with Gasteiger partial charge in [-0.15, -0.1) is 0 Å². The number of hydrogen-bond donors (Lipinski definition) is 1. The molecule has 0 spiro atoms. The maximum Gasteiger partial charge on any atom is 0.254 e. The number of carbonyl (C=O) groups excluding carboxylic acids is 1. The molecule has 7 nitrogen and oxygen atoms in total. The second-order valence-corrected chi connectivity index (χ2v) is 6.70. The summed E-state index contributed by atoms with van der Waals surface area (Å²) in [7, 11) is 0. The third-order valence-electron chi connectivity index (χ3n) is 3.89. The Labute approximate surface area is 162 Å². The second kappa shape index (κ2) is 7.26. The summed E-state index contributed by atoms with van der Waals surface area (Å²) in [5.41, 5.74) is 2.87. The molecule has 0 saturated carbocycles. The van der Waals surface area contributed by atoms with E-state index in [1.165, 1.54) is 17.0 Å². The lowest BCUT2D eigenvalue weighted by atomic mass is 10.1. The number of amides is 1. The molecule has 0 aliphatic heterocycles. The molecule has 0 fully saturated rings. The highest BCUT2D eigenvalue weighted by molar-refractivity contribution is 7.00. The van der Waals surface area contributed by atoms with Gasteiger partial charge in [-0.2, -0.15) is 8.75 Å². The molecule has 4 aromatic rings. The van der Waals surface area contributed by atoms with E-state index in [0.717, 1.165) is 17.3 Å². The van der Waals surface area contributed by atoms with Gasteiger partial charge in [-0.3, -0.25) is 14.2 Å². The minimum Gasteiger partial charge on any atom is -0.323 e. The van der Waals surface area contributed by atoms with Gasteiger partial charge in [-0.25, -0.2) is 4.98 Å². The predicted molar refractivity (Wildman–Crippen MR) is 105 cm³/mol. The van der Waals surface area contributed by atoms with Gasteiger partial charge in [-0.05, 0) is 24.3 Å². The first-order valence-electron chi connectivity index (χ1n) is 7.94. The van der Waals surface area contributed by atoms with Crippen LogP contribution in [0.15, 0.2) is 59.7 Å². The van der Waals surface area contributed by atoms with Gasteiger partial charge in [0.05, 0.1) is 29.4 Å². The molecule has 0 aliphatic rings. The van der Waals surface area contributed by atoms with E-state index in [1.54, 1.807) is 36.4 Å². The summed E-state index contributed by atoms with van der Waals surface area (Å²) in [5, 5.41) is 3.37. The highest BCUT2D eigenvalue weighted by Gasteiger charge is 2.11. The Morgan fingerprint density at radius 1 is 1.15 bits per heavy atom. The molecular formula is C18H12ClN5O2S. The number of nitrogens with zero attached hydrogens (tertiary/aromatic N) is 4. The van der Waals surface area contributed by atoms with Crippen molar-refractivity contribution < 1.29 is 4.79 Å². The van der Waals surface area contributed by atoms with Gasteiger partial charge in [0.25, 0.3) is 5.56 Å². The molecule has 0 radical (unpaired) electrons. The fourth-order valence-corrected chi connectivity index (χ4v) is 3.25. The largest absolute Gasteiger partial charge is 0.323 e. The monoisotopic (exact) mass is 397 g/mol. The van der Waals surface area contributed by atoms with Crippen LogP contribution in [-0.4, -0.2) is 24.2 Å². The molecule has 2 heterocycles. The molecule has 134 valence electrons. The van der Waals surface area contributed by atoms with Crippen molar-refractivity contribution in [2.75, 3.05) is 5.32 Å². The van der Waals surface area contributed by atoms with Crippen LogP contribution in [-0.2, 0) is 11.3 Å². The van der Waals surface area contributed by atoms with E-state index in [-0.39, 0.29) is 18.0 Å². The molecule has 0 bridgehead atoms. The lowest BCUT2D eigenvalue weighted by Gasteiger charge is -2.08. The van der Waals surface area contributed by atoms with Crippen LogP contribution in [0.4, 0.5) is 5.69 Å². The molecule has 4 rings (SSSR count). The van der Waals surface area contributed by atoms with E-state index in [0.29, 0.717) is 27.4 Å². The van der Waals surface area contributed by atoms with Crippen molar-refractivity contribution >= 4 is 46.0 Å². The smallest absolute Gasteiger partial charge is 0.254 e. The predicted octanol–water partition coefficient (Wildman–Crippen LogP) is 3.21. The van der Waals surface area contributed by atoms with Crippen LogP contribution in [0.3, 0.4) is 0 Å². The lowest BCUT2D eigenvalue weighted by Crippen LogP contribution is -2.27. The molecule has 0 atom stereocenters. The highest BCUT2D eigenvalue weighted by Crippen LogP contribution is 2.21. The number of aromatic nitrogens is 4. The molecule has 1 N–H and O–H groups in total. The average Bonchev–Trinajstić information content (AvgIpc) is 3.14. The third kappa shape index (κ3) is 3.71. The van der Waals surface area contributed by atoms with Crippen molar-refractivity contribution in [3.05, 3.63) is 70.2 Å². The van der Waals surface area contributed by atoms with E-state index >= 15 is 0 Å². The molecule has 0 aliphatic carbocycles. The SMILES string of the molecule is O=C(Cn1cnc(-c2ccc(Cl)cc2)cc1=O)Nc1cccc2nsnc12. The van der Waals surface area contributed by atoms with Crippen molar-refractivity contribution in [2.24, 2.45) is 0 Å². The summed E-state index contributed by atoms with van der Waals surface area (Å²) < 4.78 is 9.55. The number of halogens is 1. The maximum atomic E-state index is 12.3. The van der Waals surface area contributed by atoms with Gasteiger partial charge in [0.2, 0.25) is 5.91 Å². The van der Waals surface area contributed by atoms with Crippen molar-refractivity contribution in [1.29, 1.82) is 0 Å². The standard InChI is InChI=1S/C18H12ClN5O2S/c19-12-6-4-11(5-7-12)15-8-17(26)24(10-20-15)9-16(25)21-13-2-1-3-14-18(13)23-27-22-14/h1-8,10H,9H2,(H,21,25). The third-order valence-corrected chi connectivity index (χ3v) is 4.69. The summed E-state index contributed by atoms with van der Waals surface area (Å²) in [5.74, 6) is -0.348. The number of anilines is 1. The minimum atomic E-state index is -0.348. The molecule has 27 heavy (non-hydrogen) atoms. The molecule has 0 saturated heterocycles. The quantitative estimate of drug-likeness (QED) is 0.571. The van der Waals surface area contributed by atoms with Gasteiger partial charge in [-0.1, -0.05) is 29.8 Å². The van der Waals surface area contributed by atoms with Crippen molar-refractivity contribution in [2.45, 2.75) is 6.54 Å². The fourth-order valence-electron chi connectivity index (χ4n) is 2.57. The van der Waals surface area contributed by atoms with E-state index in [2.05, 4.69) is 19.0 Å². The molecule has 0 unspecified atom stereocenters. The van der Waals surface area contributed by atoms with Crippen molar-refractivity contribution in [3.63, 3.8) is 0 Å². The van der Waals surface area contributed by atoms with Crippen LogP contribution in [0.1, 0.15) is 0 Å². The van der Waals surface area contributed by atoms with Crippen LogP contribution < -0.4 is 10.9 Å². The average molecular weight is 398 g/mol. The van der Waals surface area contributed by atoms with Gasteiger partial charge < -0.3 is 5.32 Å². The Hall–Kier alpha value is -3.10. The van der Waals surface area contributed by atoms with Crippen LogP contribution >= 0.6 is 23.3 Å². The second-order valence-electron chi connectivity index (χ2n) is 5.73. The Morgan fingerprint density at radius 3 is 2.74 bits per heavy atom. The first kappa shape index (κ1) is 17.3. The molecule has 2 aromatic carbocycles. The normalized spacial score (nSPS) is 10.9. The molecule has 9 heteroatoms. The van der Waals surface area contributed by atoms with Gasteiger partial charge >= 0.3 is 0 Å². The number of fused-ring (bicyclic) bond motifs is 1. The molecule has 1 amide bonds. The highest BCUT2D eigenvalue weighted by atomic mass is 35.5. The van der Waals surface area contributed by atoms with Crippen LogP contribution in [0.25, 0.3) is 22.3 Å². The zero-order valence-electron chi connectivity index (χ0n) is 13.8.